The van der Waals surface area contributed by atoms with Gasteiger partial charge < -0.3 is 4.18 Å². The van der Waals surface area contributed by atoms with Crippen molar-refractivity contribution in [1.29, 1.82) is 0 Å². The van der Waals surface area contributed by atoms with Gasteiger partial charge in [0, 0.05) is 0 Å². The number of aryl methyl sites for hydroxylation is 2. The lowest BCUT2D eigenvalue weighted by atomic mass is 10.0. The Hall–Kier alpha value is -1.24. The summed E-state index contributed by atoms with van der Waals surface area (Å²) in [4.78, 5) is 0. The monoisotopic (exact) mass is 268 g/mol. The Morgan fingerprint density at radius 1 is 1.06 bits per heavy atom. The molecule has 0 spiro atoms. The van der Waals surface area contributed by atoms with Crippen LogP contribution in [0.4, 0.5) is 13.2 Å². The largest absolute Gasteiger partial charge is 0.534 e. The first-order chi connectivity index (χ1) is 7.54. The molecule has 0 N–H and O–H groups in total. The number of halogens is 3. The Kier molecular flexibility index (Phi) is 3.42. The fourth-order valence-corrected chi connectivity index (χ4v) is 1.66. The van der Waals surface area contributed by atoms with Gasteiger partial charge in [-0.1, -0.05) is 0 Å². The lowest BCUT2D eigenvalue weighted by Gasteiger charge is -2.12. The van der Waals surface area contributed by atoms with E-state index in [0.29, 0.717) is 11.1 Å². The first kappa shape index (κ1) is 13.8. The van der Waals surface area contributed by atoms with Gasteiger partial charge in [0.25, 0.3) is 0 Å². The summed E-state index contributed by atoms with van der Waals surface area (Å²) in [6.07, 6.45) is 0. The molecule has 0 unspecified atom stereocenters. The molecule has 17 heavy (non-hydrogen) atoms. The van der Waals surface area contributed by atoms with Gasteiger partial charge in [-0.2, -0.15) is 21.6 Å². The van der Waals surface area contributed by atoms with Crippen LogP contribution in [0.3, 0.4) is 0 Å². The molecule has 0 saturated heterocycles. The van der Waals surface area contributed by atoms with E-state index in [1.54, 1.807) is 20.8 Å². The summed E-state index contributed by atoms with van der Waals surface area (Å²) >= 11 is 0. The summed E-state index contributed by atoms with van der Waals surface area (Å²) in [5, 5.41) is 0. The topological polar surface area (TPSA) is 43.4 Å². The second-order valence-corrected chi connectivity index (χ2v) is 5.20. The number of rotatable bonds is 2. The highest BCUT2D eigenvalue weighted by molar-refractivity contribution is 7.87. The molecule has 0 aliphatic heterocycles. The van der Waals surface area contributed by atoms with Crippen molar-refractivity contribution in [3.8, 4) is 5.75 Å². The van der Waals surface area contributed by atoms with Crippen molar-refractivity contribution >= 4 is 10.1 Å². The molecule has 96 valence electrons. The molecule has 0 amide bonds. The van der Waals surface area contributed by atoms with E-state index in [4.69, 9.17) is 0 Å². The van der Waals surface area contributed by atoms with Crippen molar-refractivity contribution in [2.24, 2.45) is 0 Å². The molecule has 3 nitrogen and oxygen atoms in total. The molecule has 0 aliphatic rings. The number of benzene rings is 1. The maximum atomic E-state index is 12.1. The van der Waals surface area contributed by atoms with Crippen molar-refractivity contribution in [1.82, 2.24) is 0 Å². The fraction of sp³-hybridized carbons (Fsp3) is 0.400. The zero-order valence-electron chi connectivity index (χ0n) is 9.42. The standard InChI is InChI=1S/C10H11F3O3S/c1-6-4-9(5-7(2)8(6)3)16-17(14,15)10(11,12)13/h4-5H,1-3H3. The van der Waals surface area contributed by atoms with E-state index in [1.807, 2.05) is 0 Å². The Bertz CT molecular complexity index is 509. The van der Waals surface area contributed by atoms with Crippen molar-refractivity contribution in [2.75, 3.05) is 0 Å². The molecule has 0 fully saturated rings. The van der Waals surface area contributed by atoms with Gasteiger partial charge in [-0.05, 0) is 49.6 Å². The molecule has 0 aliphatic carbocycles. The Balaban J connectivity index is 3.14. The predicted octanol–water partition coefficient (Wildman–Crippen LogP) is 2.84. The van der Waals surface area contributed by atoms with Crippen LogP contribution in [0.1, 0.15) is 16.7 Å². The van der Waals surface area contributed by atoms with Crippen LogP contribution in [-0.2, 0) is 10.1 Å². The zero-order valence-corrected chi connectivity index (χ0v) is 10.2. The maximum Gasteiger partial charge on any atom is 0.534 e. The number of hydrogen-bond donors (Lipinski definition) is 0. The van der Waals surface area contributed by atoms with E-state index in [0.717, 1.165) is 5.56 Å². The van der Waals surface area contributed by atoms with Crippen molar-refractivity contribution in [3.05, 3.63) is 28.8 Å². The highest BCUT2D eigenvalue weighted by Gasteiger charge is 2.48. The average Bonchev–Trinajstić information content (AvgIpc) is 2.11. The molecule has 0 atom stereocenters. The minimum absolute atomic E-state index is 0.331. The van der Waals surface area contributed by atoms with E-state index in [-0.39, 0.29) is 5.75 Å². The quantitative estimate of drug-likeness (QED) is 0.612. The van der Waals surface area contributed by atoms with Crippen LogP contribution in [-0.4, -0.2) is 13.9 Å². The van der Waals surface area contributed by atoms with Crippen LogP contribution in [0, 0.1) is 20.8 Å². The van der Waals surface area contributed by atoms with Gasteiger partial charge in [0.15, 0.2) is 0 Å². The fourth-order valence-electron chi connectivity index (χ4n) is 1.22. The first-order valence-electron chi connectivity index (χ1n) is 4.63. The van der Waals surface area contributed by atoms with Crippen LogP contribution in [0.15, 0.2) is 12.1 Å². The van der Waals surface area contributed by atoms with E-state index in [9.17, 15) is 21.6 Å². The van der Waals surface area contributed by atoms with Crippen LogP contribution < -0.4 is 4.18 Å². The lowest BCUT2D eigenvalue weighted by molar-refractivity contribution is -0.0500. The maximum absolute atomic E-state index is 12.1. The average molecular weight is 268 g/mol. The Morgan fingerprint density at radius 3 is 1.82 bits per heavy atom. The van der Waals surface area contributed by atoms with E-state index < -0.39 is 15.6 Å². The third kappa shape index (κ3) is 2.91. The number of hydrogen-bond acceptors (Lipinski definition) is 3. The summed E-state index contributed by atoms with van der Waals surface area (Å²) in [5.74, 6) is -0.331. The summed E-state index contributed by atoms with van der Waals surface area (Å²) in [6, 6.07) is 2.51. The van der Waals surface area contributed by atoms with Crippen LogP contribution in [0.2, 0.25) is 0 Å². The van der Waals surface area contributed by atoms with E-state index in [1.165, 1.54) is 12.1 Å². The predicted molar refractivity (Wildman–Crippen MR) is 56.3 cm³/mol. The minimum atomic E-state index is -5.60. The van der Waals surface area contributed by atoms with Crippen LogP contribution >= 0.6 is 0 Å². The molecule has 0 heterocycles. The second-order valence-electron chi connectivity index (χ2n) is 3.67. The van der Waals surface area contributed by atoms with Gasteiger partial charge in [0.1, 0.15) is 5.75 Å². The molecule has 1 aromatic rings. The van der Waals surface area contributed by atoms with Gasteiger partial charge in [-0.3, -0.25) is 0 Å². The molecular weight excluding hydrogens is 257 g/mol. The van der Waals surface area contributed by atoms with Gasteiger partial charge in [-0.15, -0.1) is 0 Å². The summed E-state index contributed by atoms with van der Waals surface area (Å²) in [7, 11) is -5.60. The van der Waals surface area contributed by atoms with E-state index >= 15 is 0 Å². The normalized spacial score (nSPS) is 12.6. The van der Waals surface area contributed by atoms with Crippen LogP contribution in [0.5, 0.6) is 5.75 Å². The summed E-state index contributed by atoms with van der Waals surface area (Å²) in [6.45, 7) is 5.11. The number of alkyl halides is 3. The smallest absolute Gasteiger partial charge is 0.376 e. The molecular formula is C10H11F3O3S. The molecule has 1 rings (SSSR count). The summed E-state index contributed by atoms with van der Waals surface area (Å²) in [5.41, 5.74) is -3.21. The van der Waals surface area contributed by atoms with Gasteiger partial charge >= 0.3 is 15.6 Å². The van der Waals surface area contributed by atoms with Crippen molar-refractivity contribution < 1.29 is 25.8 Å². The molecule has 7 heteroatoms. The molecule has 0 aromatic heterocycles. The van der Waals surface area contributed by atoms with Gasteiger partial charge in [0.2, 0.25) is 0 Å². The van der Waals surface area contributed by atoms with Crippen molar-refractivity contribution in [3.63, 3.8) is 0 Å². The lowest BCUT2D eigenvalue weighted by Crippen LogP contribution is -2.28. The Morgan fingerprint density at radius 2 is 1.47 bits per heavy atom. The van der Waals surface area contributed by atoms with Crippen molar-refractivity contribution in [2.45, 2.75) is 26.3 Å². The van der Waals surface area contributed by atoms with E-state index in [2.05, 4.69) is 4.18 Å². The summed E-state index contributed by atoms with van der Waals surface area (Å²) < 4.78 is 61.9. The Labute approximate surface area is 97.3 Å². The highest BCUT2D eigenvalue weighted by atomic mass is 32.2. The first-order valence-corrected chi connectivity index (χ1v) is 6.04. The molecule has 1 aromatic carbocycles. The third-order valence-electron chi connectivity index (χ3n) is 2.39. The molecule has 0 radical (unpaired) electrons. The SMILES string of the molecule is Cc1cc(OS(=O)(=O)C(F)(F)F)cc(C)c1C. The van der Waals surface area contributed by atoms with Gasteiger partial charge in [-0.25, -0.2) is 0 Å². The van der Waals surface area contributed by atoms with Crippen LogP contribution in [0.25, 0.3) is 0 Å². The highest BCUT2D eigenvalue weighted by Crippen LogP contribution is 2.28. The third-order valence-corrected chi connectivity index (χ3v) is 3.37. The minimum Gasteiger partial charge on any atom is -0.376 e. The second kappa shape index (κ2) is 4.21. The molecule has 0 bridgehead atoms. The molecule has 0 saturated carbocycles. The van der Waals surface area contributed by atoms with Gasteiger partial charge in [0.05, 0.1) is 0 Å². The zero-order chi connectivity index (χ0) is 13.4.